The summed E-state index contributed by atoms with van der Waals surface area (Å²) in [5.74, 6) is -6.54. The third-order valence-electron chi connectivity index (χ3n) is 7.06. The van der Waals surface area contributed by atoms with Crippen molar-refractivity contribution in [3.8, 4) is 5.75 Å². The van der Waals surface area contributed by atoms with E-state index in [4.69, 9.17) is 5.73 Å². The fourth-order valence-corrected chi connectivity index (χ4v) is 5.65. The Bertz CT molecular complexity index is 1170. The highest BCUT2D eigenvalue weighted by molar-refractivity contribution is 6.24. The first-order valence-corrected chi connectivity index (χ1v) is 10.5. The average molecular weight is 510 g/mol. The first-order valence-electron chi connectivity index (χ1n) is 10.5. The number of carbonyl (C=O) groups is 3. The van der Waals surface area contributed by atoms with Crippen molar-refractivity contribution >= 4 is 41.3 Å². The van der Waals surface area contributed by atoms with Crippen molar-refractivity contribution in [2.24, 2.45) is 17.6 Å². The van der Waals surface area contributed by atoms with Gasteiger partial charge in [-0.3, -0.25) is 19.3 Å². The number of phenols is 1. The minimum atomic E-state index is -2.63. The number of carbonyl (C=O) groups excluding carboxylic acids is 3. The lowest BCUT2D eigenvalue weighted by molar-refractivity contribution is -0.153. The molecule has 0 radical (unpaired) electrons. The Hall–Kier alpha value is -3.08. The van der Waals surface area contributed by atoms with Crippen molar-refractivity contribution < 1.29 is 34.8 Å². The van der Waals surface area contributed by atoms with Gasteiger partial charge in [0.25, 0.3) is 5.91 Å². The largest absolute Gasteiger partial charge is 0.508 e. The number of primary amides is 1. The summed E-state index contributed by atoms with van der Waals surface area (Å²) in [4.78, 5) is 42.0. The number of Topliss-reactive ketones (excluding diaryl/α,β-unsaturated/α-hetero) is 2. The van der Waals surface area contributed by atoms with Gasteiger partial charge in [0.15, 0.2) is 11.4 Å². The number of anilines is 1. The number of aliphatic hydroxyl groups excluding tert-OH is 2. The van der Waals surface area contributed by atoms with Crippen LogP contribution < -0.4 is 10.6 Å². The van der Waals surface area contributed by atoms with Crippen molar-refractivity contribution in [3.05, 3.63) is 40.2 Å². The minimum absolute atomic E-state index is 0. The molecule has 6 N–H and O–H groups in total. The Morgan fingerprint density at radius 3 is 2.23 bits per heavy atom. The van der Waals surface area contributed by atoms with Gasteiger partial charge in [-0.1, -0.05) is 7.43 Å². The number of hydrogen-bond donors (Lipinski definition) is 5. The molecule has 11 heteroatoms. The molecule has 0 saturated heterocycles. The zero-order valence-corrected chi connectivity index (χ0v) is 20.0. The number of benzene rings is 1. The molecule has 4 atom stereocenters. The van der Waals surface area contributed by atoms with Crippen molar-refractivity contribution in [1.82, 2.24) is 4.90 Å². The predicted molar refractivity (Wildman–Crippen MR) is 133 cm³/mol. The zero-order valence-electron chi connectivity index (χ0n) is 19.2. The van der Waals surface area contributed by atoms with Crippen LogP contribution in [0.25, 0.3) is 5.76 Å². The number of rotatable bonds is 3. The Labute approximate surface area is 209 Å². The minimum Gasteiger partial charge on any atom is -0.508 e. The lowest BCUT2D eigenvalue weighted by Crippen LogP contribution is -2.65. The number of likely N-dealkylation sites (N-methyl/N-ethyl adjacent to an activating group) is 1. The summed E-state index contributed by atoms with van der Waals surface area (Å²) in [5.41, 5.74) is 3.15. The maximum Gasteiger partial charge on any atom is 0.255 e. The van der Waals surface area contributed by atoms with Crippen LogP contribution in [0.2, 0.25) is 0 Å². The Morgan fingerprint density at radius 1 is 1.11 bits per heavy atom. The van der Waals surface area contributed by atoms with E-state index in [9.17, 15) is 34.8 Å². The number of aromatic hydroxyl groups is 1. The number of nitrogens with two attached hydrogens (primary N) is 1. The Balaban J connectivity index is 0.00000216. The van der Waals surface area contributed by atoms with E-state index in [0.717, 1.165) is 5.69 Å². The van der Waals surface area contributed by atoms with Crippen LogP contribution in [0.1, 0.15) is 25.0 Å². The van der Waals surface area contributed by atoms with E-state index in [1.54, 1.807) is 20.2 Å². The predicted octanol–water partition coefficient (Wildman–Crippen LogP) is 1.09. The molecule has 0 aromatic heterocycles. The maximum absolute atomic E-state index is 13.7. The number of nitrogens with zero attached hydrogens (tertiary/aromatic N) is 2. The Morgan fingerprint density at radius 2 is 1.71 bits per heavy atom. The van der Waals surface area contributed by atoms with Crippen LogP contribution in [-0.4, -0.2) is 82.6 Å². The highest BCUT2D eigenvalue weighted by Gasteiger charge is 2.64. The highest BCUT2D eigenvalue weighted by atomic mass is 35.5. The number of halogens is 1. The fraction of sp³-hybridized carbons (Fsp3) is 0.458. The van der Waals surface area contributed by atoms with Gasteiger partial charge < -0.3 is 31.1 Å². The van der Waals surface area contributed by atoms with Crippen LogP contribution in [-0.2, 0) is 20.8 Å². The Kier molecular flexibility index (Phi) is 7.38. The average Bonchev–Trinajstić information content (AvgIpc) is 2.70. The second-order valence-corrected chi connectivity index (χ2v) is 9.31. The van der Waals surface area contributed by atoms with E-state index in [1.165, 1.54) is 11.0 Å². The van der Waals surface area contributed by atoms with E-state index in [2.05, 4.69) is 0 Å². The number of aliphatic hydroxyl groups is 3. The van der Waals surface area contributed by atoms with E-state index in [1.807, 2.05) is 19.0 Å². The van der Waals surface area contributed by atoms with Gasteiger partial charge in [-0.2, -0.15) is 0 Å². The van der Waals surface area contributed by atoms with E-state index in [-0.39, 0.29) is 49.6 Å². The van der Waals surface area contributed by atoms with Crippen molar-refractivity contribution in [1.29, 1.82) is 0 Å². The topological polar surface area (TPSA) is 165 Å². The van der Waals surface area contributed by atoms with Crippen molar-refractivity contribution in [3.63, 3.8) is 0 Å². The van der Waals surface area contributed by atoms with Gasteiger partial charge >= 0.3 is 0 Å². The van der Waals surface area contributed by atoms with Gasteiger partial charge in [0.2, 0.25) is 5.78 Å². The van der Waals surface area contributed by atoms with Crippen molar-refractivity contribution in [2.45, 2.75) is 31.9 Å². The number of fused-ring (bicyclic) bond motifs is 3. The molecule has 1 amide bonds. The van der Waals surface area contributed by atoms with Gasteiger partial charge in [-0.05, 0) is 50.6 Å². The van der Waals surface area contributed by atoms with Gasteiger partial charge in [0, 0.05) is 31.3 Å². The first kappa shape index (κ1) is 28.2. The van der Waals surface area contributed by atoms with Gasteiger partial charge in [0.1, 0.15) is 22.8 Å². The molecule has 1 saturated carbocycles. The monoisotopic (exact) mass is 509 g/mol. The van der Waals surface area contributed by atoms with Crippen LogP contribution in [0.3, 0.4) is 0 Å². The molecule has 1 fully saturated rings. The van der Waals surface area contributed by atoms with Crippen LogP contribution in [0.5, 0.6) is 5.75 Å². The number of amides is 1. The number of hydrogen-bond acceptors (Lipinski definition) is 9. The molecule has 35 heavy (non-hydrogen) atoms. The molecule has 1 aromatic carbocycles. The molecule has 4 rings (SSSR count). The van der Waals surface area contributed by atoms with Crippen LogP contribution in [0.15, 0.2) is 29.0 Å². The molecule has 1 aromatic rings. The normalized spacial score (nSPS) is 27.4. The fourth-order valence-electron chi connectivity index (χ4n) is 5.65. The lowest BCUT2D eigenvalue weighted by atomic mass is 9.57. The van der Waals surface area contributed by atoms with E-state index in [0.29, 0.717) is 5.56 Å². The van der Waals surface area contributed by atoms with E-state index < -0.39 is 58.0 Å². The summed E-state index contributed by atoms with van der Waals surface area (Å²) in [7, 11) is 6.75. The van der Waals surface area contributed by atoms with Gasteiger partial charge in [-0.25, -0.2) is 0 Å². The van der Waals surface area contributed by atoms with Crippen LogP contribution in [0, 0.1) is 11.8 Å². The molecule has 0 unspecified atom stereocenters. The van der Waals surface area contributed by atoms with Crippen molar-refractivity contribution in [2.75, 3.05) is 33.1 Å². The summed E-state index contributed by atoms with van der Waals surface area (Å²) in [6.45, 7) is 0. The zero-order chi connectivity index (χ0) is 24.6. The lowest BCUT2D eigenvalue weighted by Gasteiger charge is -2.50. The van der Waals surface area contributed by atoms with Gasteiger partial charge in [-0.15, -0.1) is 12.4 Å². The quantitative estimate of drug-likeness (QED) is 0.375. The second-order valence-electron chi connectivity index (χ2n) is 9.31. The van der Waals surface area contributed by atoms with Crippen LogP contribution >= 0.6 is 12.4 Å². The summed E-state index contributed by atoms with van der Waals surface area (Å²) < 4.78 is 0. The molecule has 0 spiro atoms. The maximum atomic E-state index is 13.7. The molecule has 0 aliphatic heterocycles. The molecule has 3 aliphatic rings. The summed E-state index contributed by atoms with van der Waals surface area (Å²) >= 11 is 0. The molecule has 10 nitrogen and oxygen atoms in total. The molecular formula is C24H32ClN3O7. The SMILES string of the molecule is C.CN(C)c1ccc(O)c2c1C[C@H]1C[C@H]3[C@H](N(C)C)C(=O)C(C(N)=O)=C(O)[C@@]3(O)C(=O)C1=C2O.Cl. The molecule has 192 valence electrons. The van der Waals surface area contributed by atoms with E-state index >= 15 is 0 Å². The summed E-state index contributed by atoms with van der Waals surface area (Å²) in [6, 6.07) is 2.01. The summed E-state index contributed by atoms with van der Waals surface area (Å²) in [6.07, 6.45) is 0.324. The van der Waals surface area contributed by atoms with Gasteiger partial charge in [0.05, 0.1) is 11.6 Å². The third kappa shape index (κ3) is 3.67. The standard InChI is InChI=1S/C23H27N3O7.CH4.ClH/c1-25(2)12-5-6-13(27)15-10(12)7-9-8-11-17(26(3)4)19(29)16(22(24)32)21(31)23(11,33)20(30)14(9)18(15)28;;/h5-6,9,11,17,27-28,31,33H,7-8H2,1-4H3,(H2,24,32);1H4;1H/t9-,11-,17-,23-;;/m0../s1. The third-order valence-corrected chi connectivity index (χ3v) is 7.06. The first-order chi connectivity index (χ1) is 15.3. The molecule has 0 bridgehead atoms. The number of phenolic OH excluding ortho intramolecular Hbond substituents is 1. The molecule has 0 heterocycles. The smallest absolute Gasteiger partial charge is 0.255 e. The molecule has 3 aliphatic carbocycles. The van der Waals surface area contributed by atoms with Crippen LogP contribution in [0.4, 0.5) is 5.69 Å². The highest BCUT2D eigenvalue weighted by Crippen LogP contribution is 2.53. The molecular weight excluding hydrogens is 478 g/mol. The second kappa shape index (κ2) is 9.18. The summed E-state index contributed by atoms with van der Waals surface area (Å²) in [5, 5.41) is 43.9. The number of ketones is 2.